The van der Waals surface area contributed by atoms with Gasteiger partial charge in [0.1, 0.15) is 11.6 Å². The molecule has 174 valence electrons. The summed E-state index contributed by atoms with van der Waals surface area (Å²) in [5.41, 5.74) is -1.67. The number of nitrogens with zero attached hydrogens (tertiary/aromatic N) is 2. The van der Waals surface area contributed by atoms with Crippen LogP contribution < -0.4 is 0 Å². The lowest BCUT2D eigenvalue weighted by Gasteiger charge is -2.42. The van der Waals surface area contributed by atoms with Gasteiger partial charge in [-0.25, -0.2) is 0 Å². The maximum absolute atomic E-state index is 13.9. The van der Waals surface area contributed by atoms with Gasteiger partial charge >= 0.3 is 5.97 Å². The van der Waals surface area contributed by atoms with E-state index in [1.54, 1.807) is 15.9 Å². The summed E-state index contributed by atoms with van der Waals surface area (Å²) in [6.45, 7) is 10.2. The van der Waals surface area contributed by atoms with Crippen LogP contribution in [0.1, 0.15) is 46.5 Å². The Balaban J connectivity index is 2.03. The van der Waals surface area contributed by atoms with Crippen LogP contribution in [0.5, 0.6) is 0 Å². The van der Waals surface area contributed by atoms with E-state index >= 15 is 0 Å². The van der Waals surface area contributed by atoms with Crippen LogP contribution in [-0.2, 0) is 19.1 Å². The smallest absolute Gasteiger partial charge is 0.310 e. The Labute approximate surface area is 191 Å². The van der Waals surface area contributed by atoms with Gasteiger partial charge in [0, 0.05) is 30.1 Å². The van der Waals surface area contributed by atoms with Gasteiger partial charge in [-0.2, -0.15) is 0 Å². The highest BCUT2D eigenvalue weighted by Crippen LogP contribution is 2.60. The van der Waals surface area contributed by atoms with Crippen molar-refractivity contribution in [2.75, 3.05) is 19.7 Å². The molecule has 6 atom stereocenters. The van der Waals surface area contributed by atoms with Crippen LogP contribution in [0, 0.1) is 11.8 Å². The number of fused-ring (bicyclic) bond motifs is 1. The maximum Gasteiger partial charge on any atom is 0.310 e. The molecule has 0 saturated carbocycles. The zero-order chi connectivity index (χ0) is 23.1. The Morgan fingerprint density at radius 1 is 1.35 bits per heavy atom. The van der Waals surface area contributed by atoms with E-state index in [1.165, 1.54) is 0 Å². The zero-order valence-corrected chi connectivity index (χ0v) is 20.0. The molecule has 0 aromatic heterocycles. The normalized spacial score (nSPS) is 34.2. The topological polar surface area (TPSA) is 107 Å². The number of alkyl halides is 1. The van der Waals surface area contributed by atoms with Crippen molar-refractivity contribution in [3.8, 4) is 0 Å². The molecule has 0 aromatic carbocycles. The number of hydrogen-bond acceptors (Lipinski definition) is 5. The number of carboxylic acids is 1. The maximum atomic E-state index is 13.9. The van der Waals surface area contributed by atoms with Crippen molar-refractivity contribution < 1.29 is 29.3 Å². The average Bonchev–Trinajstić information content (AvgIpc) is 3.26. The van der Waals surface area contributed by atoms with Crippen LogP contribution in [0.25, 0.3) is 0 Å². The van der Waals surface area contributed by atoms with E-state index in [0.717, 1.165) is 0 Å². The second-order valence-electron chi connectivity index (χ2n) is 9.73. The van der Waals surface area contributed by atoms with Gasteiger partial charge < -0.3 is 24.7 Å². The van der Waals surface area contributed by atoms with Crippen molar-refractivity contribution in [3.63, 3.8) is 0 Å². The molecule has 3 aliphatic heterocycles. The molecule has 0 radical (unpaired) electrons. The van der Waals surface area contributed by atoms with E-state index in [4.69, 9.17) is 9.84 Å². The third-order valence-electron chi connectivity index (χ3n) is 6.75. The number of unbranched alkanes of at least 4 members (excludes halogenated alkanes) is 2. The SMILES string of the molecule is C=CCN(C(=O)C1N(CCCCCO)C(=O)[C@@H]2[C@@H](C(=O)O)[C@@H]3OC12CC3Br)C(C)(C)C. The predicted molar refractivity (Wildman–Crippen MR) is 118 cm³/mol. The van der Waals surface area contributed by atoms with Crippen molar-refractivity contribution in [1.29, 1.82) is 0 Å². The Hall–Kier alpha value is -1.45. The highest BCUT2D eigenvalue weighted by molar-refractivity contribution is 9.09. The summed E-state index contributed by atoms with van der Waals surface area (Å²) >= 11 is 3.55. The number of likely N-dealkylation sites (tertiary alicyclic amines) is 1. The second-order valence-corrected chi connectivity index (χ2v) is 10.9. The Morgan fingerprint density at radius 3 is 2.58 bits per heavy atom. The fourth-order valence-electron chi connectivity index (χ4n) is 5.47. The number of halogens is 1. The number of hydrogen-bond donors (Lipinski definition) is 2. The monoisotopic (exact) mass is 500 g/mol. The molecule has 3 aliphatic rings. The second kappa shape index (κ2) is 8.83. The first-order chi connectivity index (χ1) is 14.5. The number of ether oxygens (including phenoxy) is 1. The molecule has 0 aromatic rings. The summed E-state index contributed by atoms with van der Waals surface area (Å²) in [6.07, 6.45) is 3.37. The lowest BCUT2D eigenvalue weighted by atomic mass is 9.70. The van der Waals surface area contributed by atoms with Gasteiger partial charge in [0.25, 0.3) is 0 Å². The molecule has 1 spiro atoms. The average molecular weight is 501 g/mol. The summed E-state index contributed by atoms with van der Waals surface area (Å²) in [5.74, 6) is -3.48. The number of aliphatic hydroxyl groups is 1. The molecule has 3 saturated heterocycles. The number of aliphatic carboxylic acids is 1. The number of carboxylic acid groups (broad SMARTS) is 1. The molecule has 0 aliphatic carbocycles. The molecule has 31 heavy (non-hydrogen) atoms. The molecule has 2 N–H and O–H groups in total. The van der Waals surface area contributed by atoms with E-state index in [-0.39, 0.29) is 23.2 Å². The van der Waals surface area contributed by atoms with Gasteiger partial charge in [0.2, 0.25) is 11.8 Å². The highest BCUT2D eigenvalue weighted by Gasteiger charge is 2.76. The molecule has 3 rings (SSSR count). The largest absolute Gasteiger partial charge is 0.481 e. The Bertz CT molecular complexity index is 753. The summed E-state index contributed by atoms with van der Waals surface area (Å²) in [5, 5.41) is 19.0. The van der Waals surface area contributed by atoms with E-state index in [0.29, 0.717) is 38.8 Å². The van der Waals surface area contributed by atoms with Crippen LogP contribution in [0.3, 0.4) is 0 Å². The summed E-state index contributed by atoms with van der Waals surface area (Å²) < 4.78 is 6.27. The number of rotatable bonds is 9. The van der Waals surface area contributed by atoms with Crippen molar-refractivity contribution in [2.45, 2.75) is 74.6 Å². The molecule has 2 bridgehead atoms. The fraction of sp³-hybridized carbons (Fsp3) is 0.773. The van der Waals surface area contributed by atoms with Crippen LogP contribution in [-0.4, -0.2) is 85.6 Å². The minimum atomic E-state index is -1.16. The standard InChI is InChI=1S/C22H33BrN2O6/c1-5-9-25(21(2,3)4)19(28)17-22-12-13(23)16(31-22)14(20(29)30)15(22)18(27)24(17)10-7-6-8-11-26/h5,13-17,26H,1,6-12H2,2-4H3,(H,29,30)/t13?,14-,15+,16-,17?,22?/m1/s1. The molecule has 3 heterocycles. The van der Waals surface area contributed by atoms with E-state index in [1.807, 2.05) is 20.8 Å². The molecule has 8 nitrogen and oxygen atoms in total. The van der Waals surface area contributed by atoms with Crippen LogP contribution >= 0.6 is 15.9 Å². The number of carbonyl (C=O) groups is 3. The first-order valence-corrected chi connectivity index (χ1v) is 11.8. The van der Waals surface area contributed by atoms with Crippen molar-refractivity contribution in [3.05, 3.63) is 12.7 Å². The fourth-order valence-corrected chi connectivity index (χ4v) is 6.42. The first-order valence-electron chi connectivity index (χ1n) is 10.9. The lowest BCUT2D eigenvalue weighted by Crippen LogP contribution is -2.60. The van der Waals surface area contributed by atoms with Crippen molar-refractivity contribution in [2.24, 2.45) is 11.8 Å². The van der Waals surface area contributed by atoms with Gasteiger partial charge in [-0.1, -0.05) is 22.0 Å². The molecule has 9 heteroatoms. The van der Waals surface area contributed by atoms with Gasteiger partial charge in [0.05, 0.1) is 17.9 Å². The number of aliphatic hydroxyl groups excluding tert-OH is 1. The van der Waals surface area contributed by atoms with Gasteiger partial charge in [-0.3, -0.25) is 14.4 Å². The third-order valence-corrected chi connectivity index (χ3v) is 7.60. The molecule has 2 amide bonds. The van der Waals surface area contributed by atoms with Gasteiger partial charge in [-0.05, 0) is 46.5 Å². The van der Waals surface area contributed by atoms with Crippen LogP contribution in [0.2, 0.25) is 0 Å². The van der Waals surface area contributed by atoms with Crippen molar-refractivity contribution in [1.82, 2.24) is 9.80 Å². The summed E-state index contributed by atoms with van der Waals surface area (Å²) in [4.78, 5) is 42.6. The van der Waals surface area contributed by atoms with Crippen LogP contribution in [0.15, 0.2) is 12.7 Å². The number of amides is 2. The zero-order valence-electron chi connectivity index (χ0n) is 18.4. The summed E-state index contributed by atoms with van der Waals surface area (Å²) in [6, 6.07) is -0.882. The van der Waals surface area contributed by atoms with E-state index in [9.17, 15) is 19.5 Å². The van der Waals surface area contributed by atoms with E-state index < -0.39 is 41.1 Å². The summed E-state index contributed by atoms with van der Waals surface area (Å²) in [7, 11) is 0. The molecule has 3 fully saturated rings. The van der Waals surface area contributed by atoms with E-state index in [2.05, 4.69) is 22.5 Å². The quantitative estimate of drug-likeness (QED) is 0.284. The van der Waals surface area contributed by atoms with Crippen LogP contribution in [0.4, 0.5) is 0 Å². The highest BCUT2D eigenvalue weighted by atomic mass is 79.9. The molecular weight excluding hydrogens is 468 g/mol. The first kappa shape index (κ1) is 24.2. The minimum absolute atomic E-state index is 0.0666. The van der Waals surface area contributed by atoms with Gasteiger partial charge in [-0.15, -0.1) is 6.58 Å². The lowest BCUT2D eigenvalue weighted by molar-refractivity contribution is -0.152. The predicted octanol–water partition coefficient (Wildman–Crippen LogP) is 1.79. The minimum Gasteiger partial charge on any atom is -0.481 e. The Kier molecular flexibility index (Phi) is 6.89. The van der Waals surface area contributed by atoms with Crippen molar-refractivity contribution >= 4 is 33.7 Å². The number of carbonyl (C=O) groups excluding carboxylic acids is 2. The van der Waals surface area contributed by atoms with Gasteiger partial charge in [0.15, 0.2) is 0 Å². The molecular formula is C22H33BrN2O6. The Morgan fingerprint density at radius 2 is 2.03 bits per heavy atom. The molecule has 3 unspecified atom stereocenters. The third kappa shape index (κ3) is 3.93.